The van der Waals surface area contributed by atoms with E-state index in [-0.39, 0.29) is 54.2 Å². The molecule has 48 heavy (non-hydrogen) atoms. The van der Waals surface area contributed by atoms with Crippen molar-refractivity contribution in [3.8, 4) is 0 Å². The topological polar surface area (TPSA) is 158 Å². The molecule has 15 heteroatoms. The van der Waals surface area contributed by atoms with Gasteiger partial charge in [-0.25, -0.2) is 9.18 Å². The van der Waals surface area contributed by atoms with Gasteiger partial charge in [0, 0.05) is 50.7 Å². The standard InChI is InChI=1S/C33H54FN9O5/c1-9-24(44)41-13-18(5)42(14-17(41)4)28-22-12-23(34)26-31(46)36-19(6)30(45)37-20(7)32(47)40(8)15-21-10-11-35-25(16(2)3)27(21)43(29(22)38-26)33(48)39-28/h9,16-23,25-29,35,38H,1,10-15H2,2-8H3,(H,36,46)(H,37,45)(H,39,48)/t17-,18+,19?,20?,21?,22?,23?,25?,26?,27?,28?,29?/m1/s1. The maximum atomic E-state index is 16.3. The molecule has 2 bridgehead atoms. The van der Waals surface area contributed by atoms with Crippen molar-refractivity contribution in [3.63, 3.8) is 0 Å². The lowest BCUT2D eigenvalue weighted by molar-refractivity contribution is -0.139. The molecule has 5 fully saturated rings. The molecular weight excluding hydrogens is 621 g/mol. The zero-order valence-corrected chi connectivity index (χ0v) is 29.2. The highest BCUT2D eigenvalue weighted by Gasteiger charge is 2.56. The normalized spacial score (nSPS) is 40.2. The average Bonchev–Trinajstić information content (AvgIpc) is 3.04. The van der Waals surface area contributed by atoms with Gasteiger partial charge in [0.15, 0.2) is 0 Å². The summed E-state index contributed by atoms with van der Waals surface area (Å²) in [5, 5.41) is 15.5. The summed E-state index contributed by atoms with van der Waals surface area (Å²) in [7, 11) is 1.70. The zero-order valence-electron chi connectivity index (χ0n) is 29.2. The molecule has 5 aliphatic heterocycles. The second kappa shape index (κ2) is 14.3. The third kappa shape index (κ3) is 6.77. The number of rotatable bonds is 3. The van der Waals surface area contributed by atoms with Gasteiger partial charge in [-0.05, 0) is 65.0 Å². The monoisotopic (exact) mass is 675 g/mol. The van der Waals surface area contributed by atoms with Crippen LogP contribution < -0.4 is 26.6 Å². The van der Waals surface area contributed by atoms with Gasteiger partial charge in [-0.15, -0.1) is 0 Å². The Balaban J connectivity index is 1.57. The number of hydrogen-bond donors (Lipinski definition) is 5. The Bertz CT molecular complexity index is 1290. The Morgan fingerprint density at radius 1 is 0.938 bits per heavy atom. The number of piperazine rings is 1. The van der Waals surface area contributed by atoms with E-state index in [4.69, 9.17) is 0 Å². The largest absolute Gasteiger partial charge is 0.344 e. The van der Waals surface area contributed by atoms with Crippen molar-refractivity contribution >= 4 is 29.7 Å². The lowest BCUT2D eigenvalue weighted by Gasteiger charge is -2.59. The molecular formula is C33H54FN9O5. The van der Waals surface area contributed by atoms with E-state index in [1.807, 2.05) is 13.8 Å². The van der Waals surface area contributed by atoms with Crippen LogP contribution in [0.4, 0.5) is 9.18 Å². The first kappa shape index (κ1) is 36.0. The van der Waals surface area contributed by atoms with Gasteiger partial charge in [0.25, 0.3) is 0 Å². The van der Waals surface area contributed by atoms with Crippen LogP contribution in [0, 0.1) is 17.8 Å². The number of fused-ring (bicyclic) bond motifs is 3. The van der Waals surface area contributed by atoms with Gasteiger partial charge in [0.2, 0.25) is 23.6 Å². The van der Waals surface area contributed by atoms with E-state index in [2.05, 4.69) is 51.9 Å². The van der Waals surface area contributed by atoms with Gasteiger partial charge in [-0.3, -0.25) is 29.4 Å². The van der Waals surface area contributed by atoms with Gasteiger partial charge in [0.1, 0.15) is 24.3 Å². The van der Waals surface area contributed by atoms with Crippen LogP contribution in [0.25, 0.3) is 0 Å². The summed E-state index contributed by atoms with van der Waals surface area (Å²) in [6, 6.07) is -4.40. The number of halogens is 1. The maximum absolute atomic E-state index is 16.3. The van der Waals surface area contributed by atoms with E-state index in [1.165, 1.54) is 13.0 Å². The number of likely N-dealkylation sites (N-methyl/N-ethyl adjacent to an activating group) is 1. The molecule has 268 valence electrons. The number of urea groups is 1. The Morgan fingerprint density at radius 2 is 1.62 bits per heavy atom. The van der Waals surface area contributed by atoms with E-state index in [0.717, 1.165) is 0 Å². The van der Waals surface area contributed by atoms with E-state index < -0.39 is 60.4 Å². The minimum absolute atomic E-state index is 0.0166. The number of piperidine rings is 2. The molecule has 0 spiro atoms. The molecule has 0 aromatic heterocycles. The van der Waals surface area contributed by atoms with Gasteiger partial charge in [-0.1, -0.05) is 20.4 Å². The van der Waals surface area contributed by atoms with E-state index in [0.29, 0.717) is 32.6 Å². The van der Waals surface area contributed by atoms with Crippen molar-refractivity contribution < 1.29 is 28.4 Å². The van der Waals surface area contributed by atoms with Gasteiger partial charge >= 0.3 is 6.03 Å². The third-order valence-electron chi connectivity index (χ3n) is 11.1. The highest BCUT2D eigenvalue weighted by molar-refractivity contribution is 5.93. The molecule has 5 N–H and O–H groups in total. The highest BCUT2D eigenvalue weighted by Crippen LogP contribution is 2.39. The molecule has 14 nitrogen and oxygen atoms in total. The number of carbonyl (C=O) groups excluding carboxylic acids is 5. The number of hydrogen-bond acceptors (Lipinski definition) is 8. The smallest absolute Gasteiger partial charge is 0.320 e. The van der Waals surface area contributed by atoms with Gasteiger partial charge < -0.3 is 36.0 Å². The zero-order chi connectivity index (χ0) is 35.2. The number of carbonyl (C=O) groups is 5. The van der Waals surface area contributed by atoms with Gasteiger partial charge in [0.05, 0.1) is 18.4 Å². The number of nitrogens with zero attached hydrogens (tertiary/aromatic N) is 4. The predicted molar refractivity (Wildman–Crippen MR) is 177 cm³/mol. The minimum Gasteiger partial charge on any atom is -0.344 e. The van der Waals surface area contributed by atoms with Crippen LogP contribution in [-0.2, 0) is 19.2 Å². The predicted octanol–water partition coefficient (Wildman–Crippen LogP) is -0.429. The fourth-order valence-corrected chi connectivity index (χ4v) is 8.61. The Labute approximate surface area is 282 Å². The highest BCUT2D eigenvalue weighted by atomic mass is 19.1. The van der Waals surface area contributed by atoms with E-state index in [9.17, 15) is 24.0 Å². The quantitative estimate of drug-likeness (QED) is 0.252. The molecule has 5 rings (SSSR count). The molecule has 0 saturated carbocycles. The lowest BCUT2D eigenvalue weighted by atomic mass is 9.77. The molecule has 0 aromatic rings. The van der Waals surface area contributed by atoms with Crippen molar-refractivity contribution in [2.75, 3.05) is 33.2 Å². The molecule has 0 aromatic carbocycles. The van der Waals surface area contributed by atoms with Crippen molar-refractivity contribution in [2.24, 2.45) is 17.8 Å². The Hall–Kier alpha value is -3.30. The Kier molecular flexibility index (Phi) is 10.7. The lowest BCUT2D eigenvalue weighted by Crippen LogP contribution is -2.80. The van der Waals surface area contributed by atoms with E-state index >= 15 is 4.39 Å². The summed E-state index contributed by atoms with van der Waals surface area (Å²) in [4.78, 5) is 74.5. The first-order valence-corrected chi connectivity index (χ1v) is 17.4. The summed E-state index contributed by atoms with van der Waals surface area (Å²) in [5.74, 6) is -2.19. The van der Waals surface area contributed by atoms with Crippen LogP contribution in [0.3, 0.4) is 0 Å². The second-order valence-corrected chi connectivity index (χ2v) is 14.8. The van der Waals surface area contributed by atoms with Crippen LogP contribution in [0.15, 0.2) is 12.7 Å². The van der Waals surface area contributed by atoms with Crippen LogP contribution in [0.2, 0.25) is 0 Å². The molecule has 0 aliphatic carbocycles. The number of amides is 6. The van der Waals surface area contributed by atoms with E-state index in [1.54, 1.807) is 28.7 Å². The second-order valence-electron chi connectivity index (χ2n) is 14.8. The van der Waals surface area contributed by atoms with Crippen molar-refractivity contribution in [2.45, 2.75) is 115 Å². The fourth-order valence-electron chi connectivity index (χ4n) is 8.61. The SMILES string of the molecule is C=CC(=O)N1C[C@H](C)N(C2NC(=O)N3C4NC(C(=O)NC(C)C(=O)NC(C)C(=O)N(C)CC5CCNC(C(C)C)C53)C(F)CC42)C[C@H]1C. The first-order valence-electron chi connectivity index (χ1n) is 17.4. The van der Waals surface area contributed by atoms with Crippen molar-refractivity contribution in [3.05, 3.63) is 12.7 Å². The maximum Gasteiger partial charge on any atom is 0.320 e. The molecule has 6 amide bonds. The van der Waals surface area contributed by atoms with Crippen LogP contribution in [0.1, 0.15) is 54.4 Å². The van der Waals surface area contributed by atoms with Crippen LogP contribution >= 0.6 is 0 Å². The number of nitrogens with one attached hydrogen (secondary N) is 5. The minimum atomic E-state index is -1.61. The summed E-state index contributed by atoms with van der Waals surface area (Å²) in [5.41, 5.74) is 0. The first-order chi connectivity index (χ1) is 22.6. The summed E-state index contributed by atoms with van der Waals surface area (Å²) < 4.78 is 16.3. The fraction of sp³-hybridized carbons (Fsp3) is 0.788. The molecule has 10 unspecified atom stereocenters. The molecule has 12 atom stereocenters. The molecule has 5 heterocycles. The van der Waals surface area contributed by atoms with Crippen molar-refractivity contribution in [1.29, 1.82) is 0 Å². The molecule has 5 aliphatic rings. The molecule has 5 saturated heterocycles. The van der Waals surface area contributed by atoms with Crippen molar-refractivity contribution in [1.82, 2.24) is 46.2 Å². The van der Waals surface area contributed by atoms with Crippen LogP contribution in [-0.4, -0.2) is 143 Å². The number of alkyl halides is 1. The molecule has 0 radical (unpaired) electrons. The van der Waals surface area contributed by atoms with Crippen LogP contribution in [0.5, 0.6) is 0 Å². The summed E-state index contributed by atoms with van der Waals surface area (Å²) >= 11 is 0. The average molecular weight is 676 g/mol. The Morgan fingerprint density at radius 3 is 2.29 bits per heavy atom. The third-order valence-corrected chi connectivity index (χ3v) is 11.1. The summed E-state index contributed by atoms with van der Waals surface area (Å²) in [6.45, 7) is 16.7. The van der Waals surface area contributed by atoms with Gasteiger partial charge in [-0.2, -0.15) is 0 Å². The summed E-state index contributed by atoms with van der Waals surface area (Å²) in [6.07, 6.45) is -0.952.